The molecule has 0 aromatic heterocycles. The van der Waals surface area contributed by atoms with E-state index in [1.165, 1.54) is 24.0 Å². The Morgan fingerprint density at radius 1 is 1.42 bits per heavy atom. The molecule has 104 valence electrons. The normalized spacial score (nSPS) is 19.3. The zero-order valence-electron chi connectivity index (χ0n) is 11.8. The van der Waals surface area contributed by atoms with Gasteiger partial charge in [0, 0.05) is 25.6 Å². The molecule has 1 heterocycles. The molecule has 0 amide bonds. The van der Waals surface area contributed by atoms with Crippen LogP contribution in [0.2, 0.25) is 0 Å². The Labute approximate surface area is 115 Å². The summed E-state index contributed by atoms with van der Waals surface area (Å²) < 4.78 is 5.55. The number of ether oxygens (including phenoxy) is 1. The molecule has 3 heteroatoms. The molecule has 0 saturated heterocycles. The quantitative estimate of drug-likeness (QED) is 0.848. The Balaban J connectivity index is 1.56. The smallest absolute Gasteiger partial charge is 0.122 e. The highest BCUT2D eigenvalue weighted by Crippen LogP contribution is 2.34. The largest absolute Gasteiger partial charge is 0.493 e. The van der Waals surface area contributed by atoms with E-state index in [9.17, 15) is 0 Å². The minimum Gasteiger partial charge on any atom is -0.493 e. The molecule has 1 unspecified atom stereocenters. The van der Waals surface area contributed by atoms with Crippen LogP contribution in [0.25, 0.3) is 0 Å². The predicted octanol–water partition coefficient (Wildman–Crippen LogP) is 1.83. The monoisotopic (exact) mass is 260 g/mol. The molecule has 1 aliphatic carbocycles. The van der Waals surface area contributed by atoms with Gasteiger partial charge in [-0.3, -0.25) is 0 Å². The first-order chi connectivity index (χ1) is 9.28. The number of hydrogen-bond acceptors (Lipinski definition) is 3. The van der Waals surface area contributed by atoms with Crippen LogP contribution >= 0.6 is 0 Å². The highest BCUT2D eigenvalue weighted by atomic mass is 16.5. The second kappa shape index (κ2) is 5.51. The highest BCUT2D eigenvalue weighted by Gasteiger charge is 2.32. The Kier molecular flexibility index (Phi) is 3.76. The van der Waals surface area contributed by atoms with Gasteiger partial charge < -0.3 is 15.4 Å². The fraction of sp³-hybridized carbons (Fsp3) is 0.625. The molecule has 1 aromatic rings. The lowest BCUT2D eigenvalue weighted by molar-refractivity contribution is 0.226. The van der Waals surface area contributed by atoms with Crippen LogP contribution in [0, 0.1) is 5.92 Å². The zero-order valence-corrected chi connectivity index (χ0v) is 11.8. The predicted molar refractivity (Wildman–Crippen MR) is 77.5 cm³/mol. The van der Waals surface area contributed by atoms with Crippen LogP contribution in [-0.4, -0.2) is 37.7 Å². The van der Waals surface area contributed by atoms with Gasteiger partial charge in [-0.1, -0.05) is 12.1 Å². The lowest BCUT2D eigenvalue weighted by atomic mass is 10.1. The van der Waals surface area contributed by atoms with Crippen molar-refractivity contribution < 1.29 is 4.74 Å². The zero-order chi connectivity index (χ0) is 13.2. The van der Waals surface area contributed by atoms with Crippen molar-refractivity contribution >= 4 is 0 Å². The summed E-state index contributed by atoms with van der Waals surface area (Å²) in [6.07, 6.45) is 4.89. The van der Waals surface area contributed by atoms with Gasteiger partial charge in [0.1, 0.15) is 5.75 Å². The molecule has 1 saturated carbocycles. The van der Waals surface area contributed by atoms with Gasteiger partial charge >= 0.3 is 0 Å². The van der Waals surface area contributed by atoms with Crippen molar-refractivity contribution in [3.8, 4) is 5.75 Å². The van der Waals surface area contributed by atoms with Crippen LogP contribution in [-0.2, 0) is 12.8 Å². The third-order valence-corrected chi connectivity index (χ3v) is 4.48. The molecular weight excluding hydrogens is 236 g/mol. The van der Waals surface area contributed by atoms with Crippen LogP contribution in [0.4, 0.5) is 0 Å². The summed E-state index contributed by atoms with van der Waals surface area (Å²) in [7, 11) is 2.21. The van der Waals surface area contributed by atoms with Crippen LogP contribution in [0.5, 0.6) is 5.75 Å². The Morgan fingerprint density at radius 2 is 2.26 bits per heavy atom. The molecule has 1 fully saturated rings. The van der Waals surface area contributed by atoms with E-state index < -0.39 is 0 Å². The average molecular weight is 260 g/mol. The third kappa shape index (κ3) is 2.93. The average Bonchev–Trinajstić information content (AvgIpc) is 3.14. The fourth-order valence-corrected chi connectivity index (χ4v) is 3.08. The molecule has 3 nitrogen and oxygen atoms in total. The van der Waals surface area contributed by atoms with Gasteiger partial charge in [0.2, 0.25) is 0 Å². The SMILES string of the molecule is CN(CCc1ccc2c(c1)CCO2)C(CN)C1CC1. The van der Waals surface area contributed by atoms with Crippen LogP contribution in [0.1, 0.15) is 24.0 Å². The van der Waals surface area contributed by atoms with Gasteiger partial charge in [-0.15, -0.1) is 0 Å². The van der Waals surface area contributed by atoms with Crippen molar-refractivity contribution in [3.05, 3.63) is 29.3 Å². The lowest BCUT2D eigenvalue weighted by Gasteiger charge is -2.27. The molecule has 2 N–H and O–H groups in total. The van der Waals surface area contributed by atoms with Crippen LogP contribution in [0.15, 0.2) is 18.2 Å². The van der Waals surface area contributed by atoms with E-state index in [2.05, 4.69) is 30.1 Å². The fourth-order valence-electron chi connectivity index (χ4n) is 3.08. The molecule has 19 heavy (non-hydrogen) atoms. The highest BCUT2D eigenvalue weighted by molar-refractivity contribution is 5.39. The summed E-state index contributed by atoms with van der Waals surface area (Å²) in [5, 5.41) is 0. The molecule has 1 aliphatic heterocycles. The van der Waals surface area contributed by atoms with Gasteiger partial charge in [0.15, 0.2) is 0 Å². The van der Waals surface area contributed by atoms with Crippen molar-refractivity contribution in [2.45, 2.75) is 31.7 Å². The van der Waals surface area contributed by atoms with E-state index in [4.69, 9.17) is 10.5 Å². The van der Waals surface area contributed by atoms with E-state index >= 15 is 0 Å². The lowest BCUT2D eigenvalue weighted by Crippen LogP contribution is -2.40. The summed E-state index contributed by atoms with van der Waals surface area (Å²) in [4.78, 5) is 2.45. The third-order valence-electron chi connectivity index (χ3n) is 4.48. The molecular formula is C16H24N2O. The number of fused-ring (bicyclic) bond motifs is 1. The molecule has 0 bridgehead atoms. The van der Waals surface area contributed by atoms with Gasteiger partial charge in [-0.05, 0) is 49.4 Å². The minimum absolute atomic E-state index is 0.581. The number of nitrogens with two attached hydrogens (primary N) is 1. The van der Waals surface area contributed by atoms with E-state index in [1.54, 1.807) is 0 Å². The summed E-state index contributed by atoms with van der Waals surface area (Å²) in [6.45, 7) is 2.73. The summed E-state index contributed by atoms with van der Waals surface area (Å²) in [6, 6.07) is 7.22. The summed E-state index contributed by atoms with van der Waals surface area (Å²) in [5.41, 5.74) is 8.69. The van der Waals surface area contributed by atoms with Gasteiger partial charge in [-0.2, -0.15) is 0 Å². The van der Waals surface area contributed by atoms with E-state index in [-0.39, 0.29) is 0 Å². The maximum atomic E-state index is 5.90. The van der Waals surface area contributed by atoms with Crippen molar-refractivity contribution in [3.63, 3.8) is 0 Å². The van der Waals surface area contributed by atoms with Crippen molar-refractivity contribution in [1.82, 2.24) is 4.90 Å². The second-order valence-corrected chi connectivity index (χ2v) is 5.91. The van der Waals surface area contributed by atoms with Crippen LogP contribution in [0.3, 0.4) is 0 Å². The number of benzene rings is 1. The maximum Gasteiger partial charge on any atom is 0.122 e. The van der Waals surface area contributed by atoms with Crippen molar-refractivity contribution in [2.75, 3.05) is 26.7 Å². The topological polar surface area (TPSA) is 38.5 Å². The van der Waals surface area contributed by atoms with Crippen molar-refractivity contribution in [1.29, 1.82) is 0 Å². The molecule has 3 rings (SSSR count). The molecule has 0 radical (unpaired) electrons. The first-order valence-corrected chi connectivity index (χ1v) is 7.43. The number of likely N-dealkylation sites (N-methyl/N-ethyl adjacent to an activating group) is 1. The van der Waals surface area contributed by atoms with Gasteiger partial charge in [-0.25, -0.2) is 0 Å². The van der Waals surface area contributed by atoms with Crippen LogP contribution < -0.4 is 10.5 Å². The first-order valence-electron chi connectivity index (χ1n) is 7.43. The molecule has 1 atom stereocenters. The number of nitrogens with zero attached hydrogens (tertiary/aromatic N) is 1. The second-order valence-electron chi connectivity index (χ2n) is 5.91. The Morgan fingerprint density at radius 3 is 3.00 bits per heavy atom. The molecule has 0 spiro atoms. The van der Waals surface area contributed by atoms with Crippen molar-refractivity contribution in [2.24, 2.45) is 11.7 Å². The summed E-state index contributed by atoms with van der Waals surface area (Å²) >= 11 is 0. The molecule has 1 aromatic carbocycles. The molecule has 2 aliphatic rings. The van der Waals surface area contributed by atoms with E-state index in [0.717, 1.165) is 44.2 Å². The summed E-state index contributed by atoms with van der Waals surface area (Å²) in [5.74, 6) is 1.93. The van der Waals surface area contributed by atoms with E-state index in [0.29, 0.717) is 6.04 Å². The first kappa shape index (κ1) is 12.9. The number of rotatable bonds is 6. The Bertz CT molecular complexity index is 442. The Hall–Kier alpha value is -1.06. The minimum atomic E-state index is 0.581. The van der Waals surface area contributed by atoms with Gasteiger partial charge in [0.25, 0.3) is 0 Å². The standard InChI is InChI=1S/C16H24N2O/c1-18(15(11-17)13-3-4-13)8-6-12-2-5-16-14(10-12)7-9-19-16/h2,5,10,13,15H,3-4,6-9,11,17H2,1H3. The van der Waals surface area contributed by atoms with Gasteiger partial charge in [0.05, 0.1) is 6.61 Å². The maximum absolute atomic E-state index is 5.90. The van der Waals surface area contributed by atoms with E-state index in [1.807, 2.05) is 0 Å². The number of hydrogen-bond donors (Lipinski definition) is 1.